The molecule has 0 spiro atoms. The van der Waals surface area contributed by atoms with Gasteiger partial charge in [0.2, 0.25) is 0 Å². The Hall–Kier alpha value is -1.75. The number of fused-ring (bicyclic) bond motifs is 1. The molecule has 0 unspecified atom stereocenters. The average molecular weight is 380 g/mol. The maximum atomic E-state index is 3.70. The Bertz CT molecular complexity index is 876. The summed E-state index contributed by atoms with van der Waals surface area (Å²) >= 11 is 1.92. The van der Waals surface area contributed by atoms with E-state index >= 15 is 0 Å². The number of hydrogen-bond acceptors (Lipinski definition) is 3. The number of nitrogens with one attached hydrogen (secondary N) is 1. The molecule has 1 aliphatic rings. The summed E-state index contributed by atoms with van der Waals surface area (Å²) in [5, 5.41) is 1.38. The van der Waals surface area contributed by atoms with Gasteiger partial charge in [-0.1, -0.05) is 42.8 Å². The number of hydrogen-bond donors (Lipinski definition) is 1. The number of thioether (sulfide) groups is 1. The molecule has 0 radical (unpaired) electrons. The largest absolute Gasteiger partial charge is 0.357 e. The molecule has 4 heteroatoms. The summed E-state index contributed by atoms with van der Waals surface area (Å²) in [7, 11) is 0. The van der Waals surface area contributed by atoms with E-state index in [0.717, 1.165) is 25.4 Å². The van der Waals surface area contributed by atoms with Crippen LogP contribution in [-0.4, -0.2) is 47.5 Å². The first-order valence-electron chi connectivity index (χ1n) is 9.95. The Morgan fingerprint density at radius 2 is 1.63 bits per heavy atom. The molecular weight excluding hydrogens is 350 g/mol. The second-order valence-electron chi connectivity index (χ2n) is 7.44. The van der Waals surface area contributed by atoms with Gasteiger partial charge in [-0.05, 0) is 37.2 Å². The Labute approximate surface area is 166 Å². The number of rotatable bonds is 6. The summed E-state index contributed by atoms with van der Waals surface area (Å²) in [5.41, 5.74) is 5.44. The second kappa shape index (κ2) is 8.51. The van der Waals surface area contributed by atoms with E-state index in [9.17, 15) is 0 Å². The van der Waals surface area contributed by atoms with E-state index in [4.69, 9.17) is 0 Å². The first-order valence-corrected chi connectivity index (χ1v) is 10.9. The first kappa shape index (κ1) is 18.6. The molecule has 2 heterocycles. The minimum Gasteiger partial charge on any atom is -0.357 e. The molecule has 4 rings (SSSR count). The highest BCUT2D eigenvalue weighted by atomic mass is 32.2. The Morgan fingerprint density at radius 1 is 0.926 bits per heavy atom. The normalized spacial score (nSPS) is 16.2. The number of nitrogens with zero attached hydrogens (tertiary/aromatic N) is 2. The zero-order valence-electron chi connectivity index (χ0n) is 16.4. The number of H-pyrrole nitrogens is 1. The fraction of sp³-hybridized carbons (Fsp3) is 0.391. The van der Waals surface area contributed by atoms with E-state index in [1.165, 1.54) is 52.3 Å². The van der Waals surface area contributed by atoms with Gasteiger partial charge in [0.15, 0.2) is 0 Å². The zero-order valence-corrected chi connectivity index (χ0v) is 17.2. The maximum absolute atomic E-state index is 3.70. The average Bonchev–Trinajstić information content (AvgIpc) is 3.06. The predicted molar refractivity (Wildman–Crippen MR) is 116 cm³/mol. The molecule has 1 aromatic heterocycles. The monoisotopic (exact) mass is 379 g/mol. The smallest absolute Gasteiger partial charge is 0.0459 e. The third kappa shape index (κ3) is 4.40. The van der Waals surface area contributed by atoms with Gasteiger partial charge < -0.3 is 9.88 Å². The van der Waals surface area contributed by atoms with Gasteiger partial charge in [0.25, 0.3) is 0 Å². The molecule has 1 fully saturated rings. The molecule has 0 atom stereocenters. The summed E-state index contributed by atoms with van der Waals surface area (Å²) < 4.78 is 0. The van der Waals surface area contributed by atoms with Crippen LogP contribution in [0.1, 0.15) is 23.7 Å². The van der Waals surface area contributed by atoms with E-state index in [1.54, 1.807) is 0 Å². The van der Waals surface area contributed by atoms with Gasteiger partial charge in [-0.15, -0.1) is 11.8 Å². The molecular formula is C23H29N3S. The molecule has 0 amide bonds. The van der Waals surface area contributed by atoms with Crippen LogP contribution in [0.25, 0.3) is 10.9 Å². The summed E-state index contributed by atoms with van der Waals surface area (Å²) in [6.07, 6.45) is 0. The molecule has 0 bridgehead atoms. The molecule has 3 nitrogen and oxygen atoms in total. The molecule has 142 valence electrons. The van der Waals surface area contributed by atoms with Crippen LogP contribution < -0.4 is 0 Å². The lowest BCUT2D eigenvalue weighted by molar-refractivity contribution is 0.132. The van der Waals surface area contributed by atoms with Gasteiger partial charge in [-0.2, -0.15) is 0 Å². The quantitative estimate of drug-likeness (QED) is 0.616. The van der Waals surface area contributed by atoms with Crippen LogP contribution in [0, 0.1) is 6.92 Å². The molecule has 2 aromatic carbocycles. The number of aromatic nitrogens is 1. The SMILES string of the molecule is CCN1CCN(Cc2c(CSc3ccc(C)cc3)[nH]c3ccccc23)CC1. The first-order chi connectivity index (χ1) is 13.2. The lowest BCUT2D eigenvalue weighted by Gasteiger charge is -2.34. The maximum Gasteiger partial charge on any atom is 0.0459 e. The van der Waals surface area contributed by atoms with Crippen molar-refractivity contribution < 1.29 is 0 Å². The molecule has 0 saturated carbocycles. The van der Waals surface area contributed by atoms with Gasteiger partial charge >= 0.3 is 0 Å². The van der Waals surface area contributed by atoms with Crippen LogP contribution in [0.2, 0.25) is 0 Å². The van der Waals surface area contributed by atoms with Crippen LogP contribution in [0.4, 0.5) is 0 Å². The summed E-state index contributed by atoms with van der Waals surface area (Å²) in [6.45, 7) is 11.3. The van der Waals surface area contributed by atoms with Gasteiger partial charge in [-0.3, -0.25) is 4.90 Å². The second-order valence-corrected chi connectivity index (χ2v) is 8.49. The minimum atomic E-state index is 0.988. The Balaban J connectivity index is 1.53. The number of likely N-dealkylation sites (N-methyl/N-ethyl adjacent to an activating group) is 1. The van der Waals surface area contributed by atoms with Crippen LogP contribution in [-0.2, 0) is 12.3 Å². The zero-order chi connectivity index (χ0) is 18.6. The highest BCUT2D eigenvalue weighted by Gasteiger charge is 2.19. The van der Waals surface area contributed by atoms with Crippen molar-refractivity contribution in [2.24, 2.45) is 0 Å². The third-order valence-electron chi connectivity index (χ3n) is 5.60. The number of piperazine rings is 1. The third-order valence-corrected chi connectivity index (χ3v) is 6.64. The highest BCUT2D eigenvalue weighted by molar-refractivity contribution is 7.98. The predicted octanol–water partition coefficient (Wildman–Crippen LogP) is 4.91. The van der Waals surface area contributed by atoms with Crippen molar-refractivity contribution in [2.75, 3.05) is 32.7 Å². The van der Waals surface area contributed by atoms with Crippen molar-refractivity contribution in [1.82, 2.24) is 14.8 Å². The molecule has 1 aliphatic heterocycles. The van der Waals surface area contributed by atoms with E-state index in [1.807, 2.05) is 11.8 Å². The summed E-state index contributed by atoms with van der Waals surface area (Å²) in [4.78, 5) is 10.2. The van der Waals surface area contributed by atoms with Gasteiger partial charge in [-0.25, -0.2) is 0 Å². The van der Waals surface area contributed by atoms with Crippen molar-refractivity contribution >= 4 is 22.7 Å². The molecule has 27 heavy (non-hydrogen) atoms. The van der Waals surface area contributed by atoms with E-state index in [2.05, 4.69) is 77.2 Å². The number of aryl methyl sites for hydroxylation is 1. The van der Waals surface area contributed by atoms with Crippen LogP contribution in [0.15, 0.2) is 53.4 Å². The van der Waals surface area contributed by atoms with Crippen molar-refractivity contribution in [3.05, 3.63) is 65.4 Å². The number of para-hydroxylation sites is 1. The summed E-state index contributed by atoms with van der Waals surface area (Å²) in [5.74, 6) is 0.988. The van der Waals surface area contributed by atoms with Crippen molar-refractivity contribution in [3.8, 4) is 0 Å². The van der Waals surface area contributed by atoms with E-state index in [-0.39, 0.29) is 0 Å². The van der Waals surface area contributed by atoms with Gasteiger partial charge in [0.1, 0.15) is 0 Å². The highest BCUT2D eigenvalue weighted by Crippen LogP contribution is 2.30. The molecule has 1 N–H and O–H groups in total. The number of benzene rings is 2. The molecule has 0 aliphatic carbocycles. The van der Waals surface area contributed by atoms with Crippen molar-refractivity contribution in [2.45, 2.75) is 31.0 Å². The summed E-state index contributed by atoms with van der Waals surface area (Å²) in [6, 6.07) is 17.6. The van der Waals surface area contributed by atoms with E-state index in [0.29, 0.717) is 0 Å². The van der Waals surface area contributed by atoms with Crippen molar-refractivity contribution in [1.29, 1.82) is 0 Å². The van der Waals surface area contributed by atoms with Crippen LogP contribution in [0.5, 0.6) is 0 Å². The van der Waals surface area contributed by atoms with E-state index < -0.39 is 0 Å². The van der Waals surface area contributed by atoms with Crippen LogP contribution >= 0.6 is 11.8 Å². The topological polar surface area (TPSA) is 22.3 Å². The fourth-order valence-electron chi connectivity index (χ4n) is 3.84. The minimum absolute atomic E-state index is 0.988. The van der Waals surface area contributed by atoms with Crippen LogP contribution in [0.3, 0.4) is 0 Å². The molecule has 3 aromatic rings. The lowest BCUT2D eigenvalue weighted by Crippen LogP contribution is -2.45. The number of aromatic amines is 1. The van der Waals surface area contributed by atoms with Crippen molar-refractivity contribution in [3.63, 3.8) is 0 Å². The standard InChI is InChI=1S/C23H29N3S/c1-3-25-12-14-26(15-13-25)16-21-20-6-4-5-7-22(20)24-23(21)17-27-19-10-8-18(2)9-11-19/h4-11,24H,3,12-17H2,1-2H3. The fourth-order valence-corrected chi connectivity index (χ4v) is 4.72. The lowest BCUT2D eigenvalue weighted by atomic mass is 10.1. The van der Waals surface area contributed by atoms with Gasteiger partial charge in [0.05, 0.1) is 0 Å². The van der Waals surface area contributed by atoms with Gasteiger partial charge in [0, 0.05) is 60.0 Å². The molecule has 1 saturated heterocycles. The Kier molecular flexibility index (Phi) is 5.86. The Morgan fingerprint density at radius 3 is 2.37 bits per heavy atom.